The smallest absolute Gasteiger partial charge is 0.416 e. The highest BCUT2D eigenvalue weighted by molar-refractivity contribution is 5.68. The van der Waals surface area contributed by atoms with E-state index in [-0.39, 0.29) is 13.2 Å². The second-order valence-corrected chi connectivity index (χ2v) is 8.17. The van der Waals surface area contributed by atoms with Crippen molar-refractivity contribution in [2.75, 3.05) is 32.8 Å². The number of benzene rings is 1. The van der Waals surface area contributed by atoms with Gasteiger partial charge in [-0.2, -0.15) is 22.0 Å². The molecule has 1 aliphatic heterocycles. The highest BCUT2D eigenvalue weighted by Gasteiger charge is 2.34. The van der Waals surface area contributed by atoms with Gasteiger partial charge in [-0.05, 0) is 44.9 Å². The standard InChI is InChI=1S/C20H27F5N2O3/c1-19(2,3)30-18(28)27-11-10-26(12-16(27)13-29-17(21)22)9-8-14-4-6-15(7-5-14)20(23,24)25/h4-7,16-17H,8-13H2,1-3H3/t16-/m0/s1. The lowest BCUT2D eigenvalue weighted by Gasteiger charge is -2.41. The minimum Gasteiger partial charge on any atom is -0.444 e. The molecule has 1 saturated heterocycles. The monoisotopic (exact) mass is 438 g/mol. The van der Waals surface area contributed by atoms with Crippen molar-refractivity contribution in [1.82, 2.24) is 9.80 Å². The number of halogens is 5. The van der Waals surface area contributed by atoms with Crippen LogP contribution in [0, 0.1) is 0 Å². The zero-order valence-corrected chi connectivity index (χ0v) is 17.2. The van der Waals surface area contributed by atoms with Crippen molar-refractivity contribution in [2.45, 2.75) is 51.6 Å². The third kappa shape index (κ3) is 7.71. The second-order valence-electron chi connectivity index (χ2n) is 8.17. The quantitative estimate of drug-likeness (QED) is 0.618. The molecule has 0 N–H and O–H groups in total. The molecule has 1 amide bonds. The highest BCUT2D eigenvalue weighted by atomic mass is 19.4. The maximum atomic E-state index is 12.7. The van der Waals surface area contributed by atoms with Gasteiger partial charge in [0.1, 0.15) is 5.60 Å². The summed E-state index contributed by atoms with van der Waals surface area (Å²) in [6.45, 7) is 3.44. The summed E-state index contributed by atoms with van der Waals surface area (Å²) in [6.07, 6.45) is -4.48. The molecule has 0 aliphatic carbocycles. The molecule has 1 aromatic rings. The molecule has 170 valence electrons. The average Bonchev–Trinajstić information content (AvgIpc) is 2.63. The fourth-order valence-electron chi connectivity index (χ4n) is 3.16. The summed E-state index contributed by atoms with van der Waals surface area (Å²) in [5.41, 5.74) is -0.690. The molecule has 1 fully saturated rings. The van der Waals surface area contributed by atoms with Crippen LogP contribution in [0.15, 0.2) is 24.3 Å². The number of carbonyl (C=O) groups is 1. The number of alkyl halides is 5. The van der Waals surface area contributed by atoms with E-state index in [9.17, 15) is 26.7 Å². The molecule has 5 nitrogen and oxygen atoms in total. The molecule has 0 radical (unpaired) electrons. The lowest BCUT2D eigenvalue weighted by Crippen LogP contribution is -2.58. The normalized spacial score (nSPS) is 18.7. The molecule has 1 atom stereocenters. The van der Waals surface area contributed by atoms with E-state index in [0.29, 0.717) is 26.1 Å². The number of amides is 1. The predicted octanol–water partition coefficient (Wildman–Crippen LogP) is 4.41. The zero-order valence-electron chi connectivity index (χ0n) is 17.2. The first-order valence-electron chi connectivity index (χ1n) is 9.63. The van der Waals surface area contributed by atoms with Crippen molar-refractivity contribution in [3.8, 4) is 0 Å². The molecule has 30 heavy (non-hydrogen) atoms. The summed E-state index contributed by atoms with van der Waals surface area (Å²) in [5.74, 6) is 0. The van der Waals surface area contributed by atoms with Gasteiger partial charge in [-0.1, -0.05) is 12.1 Å². The predicted molar refractivity (Wildman–Crippen MR) is 100 cm³/mol. The molecule has 0 bridgehead atoms. The third-order valence-electron chi connectivity index (χ3n) is 4.61. The Morgan fingerprint density at radius 1 is 1.13 bits per heavy atom. The van der Waals surface area contributed by atoms with Gasteiger partial charge < -0.3 is 14.4 Å². The van der Waals surface area contributed by atoms with E-state index in [2.05, 4.69) is 4.74 Å². The minimum absolute atomic E-state index is 0.277. The number of carbonyl (C=O) groups excluding carboxylic acids is 1. The zero-order chi connectivity index (χ0) is 22.5. The van der Waals surface area contributed by atoms with Crippen molar-refractivity contribution in [3.05, 3.63) is 35.4 Å². The lowest BCUT2D eigenvalue weighted by atomic mass is 10.1. The number of nitrogens with zero attached hydrogens (tertiary/aromatic N) is 2. The lowest BCUT2D eigenvalue weighted by molar-refractivity contribution is -0.145. The molecular weight excluding hydrogens is 411 g/mol. The molecular formula is C20H27F5N2O3. The SMILES string of the molecule is CC(C)(C)OC(=O)N1CCN(CCc2ccc(C(F)(F)F)cc2)C[C@H]1COC(F)F. The fraction of sp³-hybridized carbons (Fsp3) is 0.650. The summed E-state index contributed by atoms with van der Waals surface area (Å²) >= 11 is 0. The van der Waals surface area contributed by atoms with E-state index in [1.807, 2.05) is 4.90 Å². The van der Waals surface area contributed by atoms with Crippen LogP contribution in [-0.4, -0.2) is 66.9 Å². The largest absolute Gasteiger partial charge is 0.444 e. The molecule has 0 saturated carbocycles. The molecule has 0 spiro atoms. The van der Waals surface area contributed by atoms with Crippen LogP contribution in [0.25, 0.3) is 0 Å². The number of ether oxygens (including phenoxy) is 2. The van der Waals surface area contributed by atoms with Gasteiger partial charge in [-0.25, -0.2) is 4.79 Å². The Balaban J connectivity index is 1.96. The topological polar surface area (TPSA) is 42.0 Å². The molecule has 1 aromatic carbocycles. The van der Waals surface area contributed by atoms with E-state index >= 15 is 0 Å². The fourth-order valence-corrected chi connectivity index (χ4v) is 3.16. The first-order chi connectivity index (χ1) is 13.8. The van der Waals surface area contributed by atoms with Crippen molar-refractivity contribution >= 4 is 6.09 Å². The van der Waals surface area contributed by atoms with Crippen LogP contribution in [0.3, 0.4) is 0 Å². The van der Waals surface area contributed by atoms with Gasteiger partial charge in [-0.15, -0.1) is 0 Å². The van der Waals surface area contributed by atoms with Gasteiger partial charge in [0.25, 0.3) is 0 Å². The molecule has 1 aliphatic rings. The van der Waals surface area contributed by atoms with Crippen LogP contribution in [-0.2, 0) is 22.1 Å². The van der Waals surface area contributed by atoms with Crippen LogP contribution >= 0.6 is 0 Å². The maximum absolute atomic E-state index is 12.7. The summed E-state index contributed by atoms with van der Waals surface area (Å²) < 4.78 is 72.8. The van der Waals surface area contributed by atoms with Gasteiger partial charge in [0.05, 0.1) is 18.2 Å². The third-order valence-corrected chi connectivity index (χ3v) is 4.61. The Morgan fingerprint density at radius 3 is 2.30 bits per heavy atom. The number of piperazine rings is 1. The highest BCUT2D eigenvalue weighted by Crippen LogP contribution is 2.29. The summed E-state index contributed by atoms with van der Waals surface area (Å²) in [4.78, 5) is 15.8. The van der Waals surface area contributed by atoms with Crippen molar-refractivity contribution < 1.29 is 36.2 Å². The van der Waals surface area contributed by atoms with Crippen molar-refractivity contribution in [3.63, 3.8) is 0 Å². The van der Waals surface area contributed by atoms with Gasteiger partial charge in [0.2, 0.25) is 0 Å². The molecule has 2 rings (SSSR count). The Hall–Kier alpha value is -1.94. The molecule has 0 aromatic heterocycles. The van der Waals surface area contributed by atoms with Crippen LogP contribution in [0.4, 0.5) is 26.7 Å². The minimum atomic E-state index is -4.38. The summed E-state index contributed by atoms with van der Waals surface area (Å²) in [5, 5.41) is 0. The van der Waals surface area contributed by atoms with Gasteiger partial charge in [0, 0.05) is 26.2 Å². The molecule has 10 heteroatoms. The van der Waals surface area contributed by atoms with Gasteiger partial charge in [-0.3, -0.25) is 4.90 Å². The van der Waals surface area contributed by atoms with E-state index in [4.69, 9.17) is 4.74 Å². The molecule has 1 heterocycles. The first kappa shape index (κ1) is 24.3. The van der Waals surface area contributed by atoms with E-state index in [1.165, 1.54) is 17.0 Å². The van der Waals surface area contributed by atoms with E-state index in [1.54, 1.807) is 20.8 Å². The van der Waals surface area contributed by atoms with Crippen molar-refractivity contribution in [2.24, 2.45) is 0 Å². The van der Waals surface area contributed by atoms with Gasteiger partial charge in [0.15, 0.2) is 0 Å². The summed E-state index contributed by atoms with van der Waals surface area (Å²) in [7, 11) is 0. The Bertz CT molecular complexity index is 689. The Kier molecular flexibility index (Phi) is 8.04. The first-order valence-corrected chi connectivity index (χ1v) is 9.63. The van der Waals surface area contributed by atoms with Crippen LogP contribution in [0.1, 0.15) is 31.9 Å². The van der Waals surface area contributed by atoms with Crippen LogP contribution in [0.5, 0.6) is 0 Å². The Morgan fingerprint density at radius 2 is 1.77 bits per heavy atom. The van der Waals surface area contributed by atoms with Crippen LogP contribution in [0.2, 0.25) is 0 Å². The van der Waals surface area contributed by atoms with Crippen LogP contribution < -0.4 is 0 Å². The van der Waals surface area contributed by atoms with Crippen molar-refractivity contribution in [1.29, 1.82) is 0 Å². The maximum Gasteiger partial charge on any atom is 0.416 e. The average molecular weight is 438 g/mol. The van der Waals surface area contributed by atoms with E-state index in [0.717, 1.165) is 17.7 Å². The second kappa shape index (κ2) is 9.91. The number of hydrogen-bond donors (Lipinski definition) is 0. The number of hydrogen-bond acceptors (Lipinski definition) is 4. The van der Waals surface area contributed by atoms with E-state index < -0.39 is 36.1 Å². The number of rotatable bonds is 6. The summed E-state index contributed by atoms with van der Waals surface area (Å²) in [6, 6.07) is 4.31. The van der Waals surface area contributed by atoms with Gasteiger partial charge >= 0.3 is 18.9 Å². The Labute approximate surface area is 172 Å². The molecule has 0 unspecified atom stereocenters.